The summed E-state index contributed by atoms with van der Waals surface area (Å²) in [4.78, 5) is 10.4. The number of aliphatic hydroxyl groups excluding tert-OH is 5. The van der Waals surface area contributed by atoms with Crippen molar-refractivity contribution in [3.8, 4) is 0 Å². The minimum Gasteiger partial charge on any atom is -0.544 e. The Bertz CT molecular complexity index is 440. The van der Waals surface area contributed by atoms with Crippen LogP contribution in [-0.4, -0.2) is 80.5 Å². The molecule has 9 nitrogen and oxygen atoms in total. The molecule has 48 heavy (non-hydrogen) atoms. The zero-order valence-corrected chi connectivity index (χ0v) is 34.2. The summed E-state index contributed by atoms with van der Waals surface area (Å²) in [5.41, 5.74) is 0. The van der Waals surface area contributed by atoms with Crippen LogP contribution in [0.5, 0.6) is 0 Å². The van der Waals surface area contributed by atoms with E-state index in [1.165, 1.54) is 64.2 Å². The Hall–Kier alpha value is -0.0957. The van der Waals surface area contributed by atoms with Gasteiger partial charge in [0.25, 0.3) is 0 Å². The van der Waals surface area contributed by atoms with E-state index in [-0.39, 0.29) is 28.1 Å². The predicted octanol–water partition coefficient (Wildman–Crippen LogP) is 7.18. The van der Waals surface area contributed by atoms with Gasteiger partial charge in [0.2, 0.25) is 5.79 Å². The van der Waals surface area contributed by atoms with Crippen molar-refractivity contribution >= 4 is 5.97 Å². The van der Waals surface area contributed by atoms with Crippen LogP contribution in [0.4, 0.5) is 0 Å². The van der Waals surface area contributed by atoms with Crippen molar-refractivity contribution in [1.29, 1.82) is 0 Å². The molecule has 0 saturated carbocycles. The summed E-state index contributed by atoms with van der Waals surface area (Å²) in [5.74, 6) is -4.46. The monoisotopic (exact) mass is 734 g/mol. The fourth-order valence-corrected chi connectivity index (χ4v) is 3.46. The summed E-state index contributed by atoms with van der Waals surface area (Å²) in [6, 6.07) is 0. The summed E-state index contributed by atoms with van der Waals surface area (Å²) < 4.78 is 0. The Balaban J connectivity index is -0.000000104. The number of hydrogen-bond acceptors (Lipinski definition) is 9. The molecular formula is C38H85O9Ti-. The van der Waals surface area contributed by atoms with Crippen molar-refractivity contribution in [1.82, 2.24) is 0 Å². The average Bonchev–Trinajstić information content (AvgIpc) is 3.04. The standard InChI is InChI=1S/C18H36O4.5C4H10O.Ti/c1-2-3-4-5-6-7-8-9-10-11-12-13-14-15-16-18(21,22)17(19)20;5*1-2-3-4-5;/h21-22H,2-16H2,1H3,(H,19,20);5*5H,2-4H2,1H3;/p-1. The molecule has 0 fully saturated rings. The number of carbonyl (C=O) groups is 1. The Labute approximate surface area is 313 Å². The Kier molecular flexibility index (Phi) is 85.7. The van der Waals surface area contributed by atoms with E-state index in [0.29, 0.717) is 39.5 Å². The molecule has 0 radical (unpaired) electrons. The number of hydrogen-bond donors (Lipinski definition) is 7. The molecule has 10 heteroatoms. The van der Waals surface area contributed by atoms with Crippen LogP contribution in [0.2, 0.25) is 0 Å². The molecule has 0 aromatic heterocycles. The smallest absolute Gasteiger partial charge is 0.204 e. The van der Waals surface area contributed by atoms with Crippen LogP contribution < -0.4 is 5.11 Å². The first-order valence-electron chi connectivity index (χ1n) is 19.3. The number of aliphatic carboxylic acids is 1. The van der Waals surface area contributed by atoms with Crippen molar-refractivity contribution in [2.24, 2.45) is 0 Å². The molecule has 296 valence electrons. The van der Waals surface area contributed by atoms with Gasteiger partial charge in [-0.25, -0.2) is 0 Å². The molecule has 0 bridgehead atoms. The first-order chi connectivity index (χ1) is 22.6. The van der Waals surface area contributed by atoms with Gasteiger partial charge in [-0.1, -0.05) is 157 Å². The Morgan fingerprint density at radius 2 is 0.583 bits per heavy atom. The first kappa shape index (κ1) is 63.0. The maximum Gasteiger partial charge on any atom is 0.204 e. The molecule has 0 amide bonds. The topological polar surface area (TPSA) is 182 Å². The van der Waals surface area contributed by atoms with E-state index in [2.05, 4.69) is 41.5 Å². The number of unbranched alkanes of at least 4 members (excludes halogenated alkanes) is 18. The van der Waals surface area contributed by atoms with Gasteiger partial charge in [-0.05, 0) is 38.5 Å². The minimum atomic E-state index is -2.66. The van der Waals surface area contributed by atoms with E-state index in [1.54, 1.807) is 0 Å². The molecule has 0 rings (SSSR count). The summed E-state index contributed by atoms with van der Waals surface area (Å²) in [7, 11) is 0. The van der Waals surface area contributed by atoms with Gasteiger partial charge in [0.05, 0.1) is 0 Å². The van der Waals surface area contributed by atoms with Gasteiger partial charge < -0.3 is 45.6 Å². The van der Waals surface area contributed by atoms with E-state index >= 15 is 0 Å². The number of aliphatic hydroxyl groups is 7. The van der Waals surface area contributed by atoms with Crippen LogP contribution >= 0.6 is 0 Å². The first-order valence-corrected chi connectivity index (χ1v) is 19.3. The van der Waals surface area contributed by atoms with E-state index < -0.39 is 11.8 Å². The fraction of sp³-hybridized carbons (Fsp3) is 0.974. The molecule has 7 N–H and O–H groups in total. The maximum absolute atomic E-state index is 10.4. The maximum atomic E-state index is 10.4. The van der Waals surface area contributed by atoms with Crippen LogP contribution in [-0.2, 0) is 26.5 Å². The zero-order chi connectivity index (χ0) is 37.3. The third-order valence-electron chi connectivity index (χ3n) is 6.76. The second-order valence-corrected chi connectivity index (χ2v) is 11.8. The van der Waals surface area contributed by atoms with Crippen molar-refractivity contribution in [3.05, 3.63) is 0 Å². The third-order valence-corrected chi connectivity index (χ3v) is 6.76. The third kappa shape index (κ3) is 85.5. The molecule has 0 heterocycles. The molecule has 0 aliphatic heterocycles. The minimum absolute atomic E-state index is 0. The Morgan fingerprint density at radius 3 is 0.729 bits per heavy atom. The van der Waals surface area contributed by atoms with Crippen molar-refractivity contribution in [2.75, 3.05) is 33.0 Å². The second kappa shape index (κ2) is 65.3. The van der Waals surface area contributed by atoms with Crippen LogP contribution in [0.15, 0.2) is 0 Å². The predicted molar refractivity (Wildman–Crippen MR) is 197 cm³/mol. The van der Waals surface area contributed by atoms with Crippen LogP contribution in [0.3, 0.4) is 0 Å². The molecule has 0 aliphatic carbocycles. The fourth-order valence-electron chi connectivity index (χ4n) is 3.46. The number of rotatable bonds is 26. The van der Waals surface area contributed by atoms with E-state index in [0.717, 1.165) is 83.5 Å². The number of carbonyl (C=O) groups excluding carboxylic acids is 1. The largest absolute Gasteiger partial charge is 0.544 e. The summed E-state index contributed by atoms with van der Waals surface area (Å²) in [6.45, 7) is 14.2. The summed E-state index contributed by atoms with van der Waals surface area (Å²) >= 11 is 0. The van der Waals surface area contributed by atoms with E-state index in [4.69, 9.17) is 35.7 Å². The number of carboxylic acids is 1. The SMILES string of the molecule is CCCCCCCCCCCCCCCCC(O)(O)C(=O)[O-].CCCCO.CCCCO.CCCCO.CCCCO.CCCCO.[Ti]. The normalized spacial score (nSPS) is 9.77. The molecule has 0 atom stereocenters. The Morgan fingerprint density at radius 1 is 0.396 bits per heavy atom. The van der Waals surface area contributed by atoms with E-state index in [9.17, 15) is 9.90 Å². The molecule has 0 unspecified atom stereocenters. The average molecular weight is 734 g/mol. The van der Waals surface area contributed by atoms with Crippen LogP contribution in [0.1, 0.15) is 202 Å². The quantitative estimate of drug-likeness (QED) is 0.0275. The van der Waals surface area contributed by atoms with Gasteiger partial charge in [-0.3, -0.25) is 0 Å². The van der Waals surface area contributed by atoms with Gasteiger partial charge in [0, 0.05) is 61.2 Å². The zero-order valence-electron chi connectivity index (χ0n) is 32.7. The van der Waals surface area contributed by atoms with Crippen molar-refractivity contribution < 1.29 is 67.4 Å². The van der Waals surface area contributed by atoms with Gasteiger partial charge in [0.1, 0.15) is 5.97 Å². The van der Waals surface area contributed by atoms with Gasteiger partial charge in [-0.2, -0.15) is 0 Å². The van der Waals surface area contributed by atoms with Gasteiger partial charge in [-0.15, -0.1) is 0 Å². The van der Waals surface area contributed by atoms with Gasteiger partial charge >= 0.3 is 0 Å². The van der Waals surface area contributed by atoms with Gasteiger partial charge in [0.15, 0.2) is 0 Å². The van der Waals surface area contributed by atoms with Crippen molar-refractivity contribution in [2.45, 2.75) is 208 Å². The van der Waals surface area contributed by atoms with E-state index in [1.807, 2.05) is 0 Å². The van der Waals surface area contributed by atoms with Crippen LogP contribution in [0.25, 0.3) is 0 Å². The molecule has 0 saturated heterocycles. The van der Waals surface area contributed by atoms with Crippen molar-refractivity contribution in [3.63, 3.8) is 0 Å². The molecular weight excluding hydrogens is 648 g/mol. The molecule has 0 aromatic rings. The summed E-state index contributed by atoms with van der Waals surface area (Å²) in [6.07, 6.45) is 26.9. The molecule has 0 aromatic carbocycles. The van der Waals surface area contributed by atoms with Crippen LogP contribution in [0, 0.1) is 0 Å². The molecule has 0 spiro atoms. The number of carboxylic acid groups (broad SMARTS) is 1. The molecule has 0 aliphatic rings. The summed E-state index contributed by atoms with van der Waals surface area (Å²) in [5, 5.41) is 68.9. The second-order valence-electron chi connectivity index (χ2n) is 11.8.